The number of rotatable bonds is 7. The maximum absolute atomic E-state index is 13.9. The lowest BCUT2D eigenvalue weighted by Crippen LogP contribution is -2.24. The van der Waals surface area contributed by atoms with Gasteiger partial charge in [0, 0.05) is 74.1 Å². The Hall–Kier alpha value is -4.79. The van der Waals surface area contributed by atoms with E-state index in [4.69, 9.17) is 4.74 Å². The van der Waals surface area contributed by atoms with Crippen LogP contribution in [-0.2, 0) is 20.7 Å². The molecule has 9 nitrogen and oxygen atoms in total. The van der Waals surface area contributed by atoms with Gasteiger partial charge in [0.25, 0.3) is 0 Å². The fourth-order valence-corrected chi connectivity index (χ4v) is 7.40. The minimum absolute atomic E-state index is 0.101. The number of Topliss-reactive ketones (excluding diaryl/α,β-unsaturated/α-hetero) is 1. The number of nitrogens with one attached hydrogen (secondary N) is 4. The van der Waals surface area contributed by atoms with Gasteiger partial charge in [-0.3, -0.25) is 14.4 Å². The average Bonchev–Trinajstić information content (AvgIpc) is 3.73. The van der Waals surface area contributed by atoms with Gasteiger partial charge in [0.15, 0.2) is 5.78 Å². The van der Waals surface area contributed by atoms with Gasteiger partial charge in [-0.15, -0.1) is 0 Å². The predicted octanol–water partition coefficient (Wildman–Crippen LogP) is 4.62. The molecule has 0 spiro atoms. The molecule has 234 valence electrons. The van der Waals surface area contributed by atoms with Crippen molar-refractivity contribution in [3.05, 3.63) is 84.8 Å². The number of aromatic nitrogens is 3. The summed E-state index contributed by atoms with van der Waals surface area (Å²) in [6.07, 6.45) is 9.45. The standard InChI is InChI=1S/C36H40N4O5/c1-8-20-16(4)23-13-25-18(6)22(11-12-29(41)45-10-3)33(39-25)31-32(36(43)44)35(42)30-19(7)26(40-34(30)31)15-28-21(9-2)17(5)24(38-28)14-27(20)37-23/h8,13-15,18,22,32,37-40H,1,9-12H2,2-7H3,(H,43,44)/b24-14-,25-13-,28-15-,33-31-/t18-,22-,32+/m0/s1. The van der Waals surface area contributed by atoms with E-state index in [1.807, 2.05) is 26.0 Å². The third-order valence-electron chi connectivity index (χ3n) is 9.85. The summed E-state index contributed by atoms with van der Waals surface area (Å²) in [4.78, 5) is 49.8. The maximum atomic E-state index is 13.9. The van der Waals surface area contributed by atoms with Crippen LogP contribution in [0.25, 0.3) is 29.9 Å². The molecule has 0 radical (unpaired) electrons. The van der Waals surface area contributed by atoms with Crippen LogP contribution >= 0.6 is 0 Å². The average molecular weight is 609 g/mol. The smallest absolute Gasteiger partial charge is 0.319 e. The van der Waals surface area contributed by atoms with Crippen molar-refractivity contribution in [1.29, 1.82) is 0 Å². The van der Waals surface area contributed by atoms with Gasteiger partial charge in [-0.2, -0.15) is 0 Å². The second-order valence-corrected chi connectivity index (χ2v) is 12.2. The van der Waals surface area contributed by atoms with Crippen LogP contribution in [0.1, 0.15) is 94.6 Å². The lowest BCUT2D eigenvalue weighted by atomic mass is 9.85. The minimum atomic E-state index is -1.36. The number of esters is 1. The van der Waals surface area contributed by atoms with Crippen LogP contribution in [0.15, 0.2) is 18.0 Å². The van der Waals surface area contributed by atoms with Crippen molar-refractivity contribution in [1.82, 2.24) is 20.3 Å². The molecule has 3 atom stereocenters. The summed E-state index contributed by atoms with van der Waals surface area (Å²) in [5.74, 6) is -3.64. The summed E-state index contributed by atoms with van der Waals surface area (Å²) in [5.41, 5.74) is 10.5. The van der Waals surface area contributed by atoms with Crippen molar-refractivity contribution in [2.24, 2.45) is 17.8 Å². The van der Waals surface area contributed by atoms with E-state index in [0.29, 0.717) is 34.5 Å². The summed E-state index contributed by atoms with van der Waals surface area (Å²) in [7, 11) is 0. The van der Waals surface area contributed by atoms with Crippen molar-refractivity contribution in [2.75, 3.05) is 6.61 Å². The minimum Gasteiger partial charge on any atom is -0.480 e. The molecule has 1 aliphatic carbocycles. The number of ketones is 1. The summed E-state index contributed by atoms with van der Waals surface area (Å²) in [6, 6.07) is 0. The number of carboxylic acid groups (broad SMARTS) is 1. The van der Waals surface area contributed by atoms with E-state index in [1.54, 1.807) is 6.92 Å². The number of carboxylic acids is 1. The van der Waals surface area contributed by atoms with E-state index in [9.17, 15) is 19.5 Å². The molecule has 9 heteroatoms. The number of hydrogen-bond donors (Lipinski definition) is 5. The Morgan fingerprint density at radius 2 is 1.69 bits per heavy atom. The van der Waals surface area contributed by atoms with Gasteiger partial charge in [0.05, 0.1) is 12.3 Å². The molecule has 3 aromatic rings. The van der Waals surface area contributed by atoms with Gasteiger partial charge < -0.3 is 30.1 Å². The van der Waals surface area contributed by atoms with E-state index in [0.717, 1.165) is 62.2 Å². The Bertz CT molecular complexity index is 1980. The van der Waals surface area contributed by atoms with Gasteiger partial charge in [0.2, 0.25) is 0 Å². The molecule has 1 fully saturated rings. The Morgan fingerprint density at radius 3 is 2.36 bits per heavy atom. The van der Waals surface area contributed by atoms with Crippen LogP contribution in [0, 0.1) is 38.5 Å². The van der Waals surface area contributed by atoms with Gasteiger partial charge in [-0.05, 0) is 81.0 Å². The van der Waals surface area contributed by atoms with Crippen molar-refractivity contribution < 1.29 is 24.2 Å². The number of allylic oxidation sites excluding steroid dienone is 2. The van der Waals surface area contributed by atoms with Crippen LogP contribution in [0.4, 0.5) is 0 Å². The molecule has 0 aromatic carbocycles. The molecule has 0 amide bonds. The number of aromatic amines is 3. The number of ether oxygens (including phenoxy) is 1. The normalized spacial score (nSPS) is 24.3. The Labute approximate surface area is 261 Å². The molecule has 5 heterocycles. The monoisotopic (exact) mass is 608 g/mol. The first kappa shape index (κ1) is 30.2. The zero-order valence-corrected chi connectivity index (χ0v) is 26.7. The first-order valence-electron chi connectivity index (χ1n) is 15.6. The maximum Gasteiger partial charge on any atom is 0.319 e. The number of H-pyrrole nitrogens is 3. The van der Waals surface area contributed by atoms with Gasteiger partial charge in [-0.1, -0.05) is 26.5 Å². The van der Waals surface area contributed by atoms with Crippen molar-refractivity contribution in [3.63, 3.8) is 0 Å². The topological polar surface area (TPSA) is 140 Å². The molecule has 8 bridgehead atoms. The van der Waals surface area contributed by atoms with Crippen LogP contribution in [-0.4, -0.2) is 44.4 Å². The van der Waals surface area contributed by atoms with Gasteiger partial charge in [-0.25, -0.2) is 0 Å². The van der Waals surface area contributed by atoms with E-state index < -0.39 is 17.7 Å². The van der Waals surface area contributed by atoms with Crippen LogP contribution < -0.4 is 16.0 Å². The fourth-order valence-electron chi connectivity index (χ4n) is 7.40. The first-order chi connectivity index (χ1) is 21.5. The molecular formula is C36H40N4O5. The molecule has 0 unspecified atom stereocenters. The second kappa shape index (κ2) is 11.3. The highest BCUT2D eigenvalue weighted by molar-refractivity contribution is 6.24. The van der Waals surface area contributed by atoms with E-state index in [2.05, 4.69) is 59.8 Å². The van der Waals surface area contributed by atoms with E-state index in [-0.39, 0.29) is 30.8 Å². The number of carbonyl (C=O) groups is 3. The van der Waals surface area contributed by atoms with Crippen LogP contribution in [0.2, 0.25) is 0 Å². The van der Waals surface area contributed by atoms with Gasteiger partial charge in [0.1, 0.15) is 5.92 Å². The molecule has 3 aromatic heterocycles. The third kappa shape index (κ3) is 4.72. The Kier molecular flexibility index (Phi) is 7.59. The molecule has 1 saturated heterocycles. The summed E-state index contributed by atoms with van der Waals surface area (Å²) >= 11 is 0. The summed E-state index contributed by atoms with van der Waals surface area (Å²) in [6.45, 7) is 16.3. The summed E-state index contributed by atoms with van der Waals surface area (Å²) in [5, 5.41) is 15.9. The van der Waals surface area contributed by atoms with Crippen LogP contribution in [0.3, 0.4) is 0 Å². The largest absolute Gasteiger partial charge is 0.480 e. The third-order valence-corrected chi connectivity index (χ3v) is 9.85. The number of aliphatic carboxylic acids is 1. The van der Waals surface area contributed by atoms with Crippen LogP contribution in [0.5, 0.6) is 0 Å². The molecule has 5 N–H and O–H groups in total. The fraction of sp³-hybridized carbons (Fsp3) is 0.361. The molecule has 2 aliphatic heterocycles. The van der Waals surface area contributed by atoms with Crippen molar-refractivity contribution in [2.45, 2.75) is 60.8 Å². The van der Waals surface area contributed by atoms with Gasteiger partial charge >= 0.3 is 11.9 Å². The molecular weight excluding hydrogens is 568 g/mol. The summed E-state index contributed by atoms with van der Waals surface area (Å²) < 4.78 is 5.23. The molecule has 3 aliphatic rings. The SMILES string of the molecule is C=Cc1c2[nH]c(c1C)/C=C1\N/C(=C3\c4[nH]c(c(C)c4C(=O)[C@@H]3C(=O)O)/C=c3\[nH]/c(c(C)c3CC)=C\2)[C@@H](CCC(=O)OCC)[C@@H]1C. The van der Waals surface area contributed by atoms with E-state index >= 15 is 0 Å². The number of hydrogen-bond acceptors (Lipinski definition) is 5. The van der Waals surface area contributed by atoms with Crippen molar-refractivity contribution in [3.8, 4) is 0 Å². The van der Waals surface area contributed by atoms with Crippen molar-refractivity contribution >= 4 is 47.6 Å². The number of fused-ring (bicyclic) bond motifs is 7. The molecule has 45 heavy (non-hydrogen) atoms. The lowest BCUT2D eigenvalue weighted by molar-refractivity contribution is -0.143. The molecule has 0 saturated carbocycles. The molecule has 6 rings (SSSR count). The highest BCUT2D eigenvalue weighted by Crippen LogP contribution is 2.48. The number of carbonyl (C=O) groups excluding carboxylic acids is 2. The predicted molar refractivity (Wildman–Crippen MR) is 174 cm³/mol. The zero-order chi connectivity index (χ0) is 32.3. The first-order valence-corrected chi connectivity index (χ1v) is 15.6. The quantitative estimate of drug-likeness (QED) is 0.196. The zero-order valence-electron chi connectivity index (χ0n) is 26.7. The Balaban J connectivity index is 1.69. The second-order valence-electron chi connectivity index (χ2n) is 12.2. The Morgan fingerprint density at radius 1 is 0.978 bits per heavy atom. The lowest BCUT2D eigenvalue weighted by Gasteiger charge is -2.19. The highest BCUT2D eigenvalue weighted by atomic mass is 16.5. The highest BCUT2D eigenvalue weighted by Gasteiger charge is 2.48. The van der Waals surface area contributed by atoms with E-state index in [1.165, 1.54) is 0 Å².